The maximum atomic E-state index is 14.2. The number of halogens is 2. The van der Waals surface area contributed by atoms with Gasteiger partial charge >= 0.3 is 0 Å². The van der Waals surface area contributed by atoms with Gasteiger partial charge in [0.1, 0.15) is 24.0 Å². The molecule has 1 aliphatic rings. The lowest BCUT2D eigenvalue weighted by atomic mass is 9.75. The van der Waals surface area contributed by atoms with Crippen molar-refractivity contribution in [3.05, 3.63) is 77.9 Å². The number of benzene rings is 2. The second kappa shape index (κ2) is 9.18. The highest BCUT2D eigenvalue weighted by Gasteiger charge is 2.37. The second-order valence-electron chi connectivity index (χ2n) is 7.53. The fourth-order valence-electron chi connectivity index (χ4n) is 3.84. The smallest absolute Gasteiger partial charge is 0.254 e. The predicted octanol–water partition coefficient (Wildman–Crippen LogP) is 3.99. The molecule has 1 heterocycles. The molecule has 1 fully saturated rings. The van der Waals surface area contributed by atoms with Crippen LogP contribution in [0.15, 0.2) is 55.1 Å². The number of rotatable bonds is 7. The number of nitrogens with zero attached hydrogens (tertiary/aromatic N) is 1. The van der Waals surface area contributed by atoms with Crippen molar-refractivity contribution in [3.8, 4) is 5.75 Å². The lowest BCUT2D eigenvalue weighted by Crippen LogP contribution is -2.49. The van der Waals surface area contributed by atoms with Crippen LogP contribution in [0, 0.1) is 17.0 Å². The van der Waals surface area contributed by atoms with Crippen LogP contribution in [0.4, 0.5) is 8.78 Å². The van der Waals surface area contributed by atoms with E-state index in [1.54, 1.807) is 35.2 Å². The van der Waals surface area contributed by atoms with Gasteiger partial charge in [0.2, 0.25) is 0 Å². The summed E-state index contributed by atoms with van der Waals surface area (Å²) in [7, 11) is 0. The molecule has 2 aromatic rings. The highest BCUT2D eigenvalue weighted by Crippen LogP contribution is 2.35. The zero-order valence-corrected chi connectivity index (χ0v) is 16.2. The molecule has 1 atom stereocenters. The number of aliphatic hydroxyl groups excluding tert-OH is 1. The third-order valence-corrected chi connectivity index (χ3v) is 5.31. The molecule has 0 saturated carbocycles. The van der Waals surface area contributed by atoms with Gasteiger partial charge in [-0.05, 0) is 49.1 Å². The average molecular weight is 401 g/mol. The van der Waals surface area contributed by atoms with E-state index in [-0.39, 0.29) is 18.9 Å². The van der Waals surface area contributed by atoms with Crippen LogP contribution in [0.3, 0.4) is 0 Å². The van der Waals surface area contributed by atoms with E-state index >= 15 is 0 Å². The topological polar surface area (TPSA) is 49.8 Å². The fourth-order valence-corrected chi connectivity index (χ4v) is 3.84. The molecule has 0 aliphatic carbocycles. The van der Waals surface area contributed by atoms with Gasteiger partial charge in [-0.25, -0.2) is 8.78 Å². The summed E-state index contributed by atoms with van der Waals surface area (Å²) in [5.74, 6) is -0.850. The molecule has 1 saturated heterocycles. The summed E-state index contributed by atoms with van der Waals surface area (Å²) in [5.41, 5.74) is 0.173. The first-order valence-electron chi connectivity index (χ1n) is 9.64. The first kappa shape index (κ1) is 21.0. The van der Waals surface area contributed by atoms with Crippen molar-refractivity contribution in [3.63, 3.8) is 0 Å². The van der Waals surface area contributed by atoms with E-state index in [1.165, 1.54) is 12.1 Å². The predicted molar refractivity (Wildman–Crippen MR) is 107 cm³/mol. The number of aliphatic hydroxyl groups is 1. The molecule has 0 radical (unpaired) electrons. The number of carbonyl (C=O) groups excluding carboxylic acids is 1. The largest absolute Gasteiger partial charge is 0.490 e. The van der Waals surface area contributed by atoms with Crippen molar-refractivity contribution in [2.45, 2.75) is 19.3 Å². The monoisotopic (exact) mass is 401 g/mol. The minimum atomic E-state index is -0.663. The van der Waals surface area contributed by atoms with Gasteiger partial charge in [0, 0.05) is 30.1 Å². The Kier molecular flexibility index (Phi) is 6.64. The van der Waals surface area contributed by atoms with Gasteiger partial charge in [-0.15, -0.1) is 0 Å². The summed E-state index contributed by atoms with van der Waals surface area (Å²) < 4.78 is 32.9. The minimum Gasteiger partial charge on any atom is -0.490 e. The molecule has 1 aliphatic heterocycles. The standard InChI is InChI=1S/C23H25F2NO3/c1-2-11-29-20-6-3-5-17(12-20)22(28)26-10-4-9-23(15-26,16-27)14-18-7-8-19(24)13-21(18)25/h2-3,5-8,12-13,27H,1,4,9-11,14-16H2/t23-/m0/s1. The molecule has 154 valence electrons. The Morgan fingerprint density at radius 2 is 2.10 bits per heavy atom. The number of carbonyl (C=O) groups is 1. The molecule has 1 amide bonds. The van der Waals surface area contributed by atoms with Gasteiger partial charge in [0.05, 0.1) is 6.61 Å². The van der Waals surface area contributed by atoms with Gasteiger partial charge in [-0.3, -0.25) is 4.79 Å². The molecule has 29 heavy (non-hydrogen) atoms. The molecule has 0 spiro atoms. The minimum absolute atomic E-state index is 0.161. The quantitative estimate of drug-likeness (QED) is 0.714. The molecule has 0 unspecified atom stereocenters. The van der Waals surface area contributed by atoms with Crippen LogP contribution in [-0.4, -0.2) is 42.2 Å². The molecular formula is C23H25F2NO3. The molecule has 0 aromatic heterocycles. The van der Waals surface area contributed by atoms with E-state index in [0.29, 0.717) is 49.4 Å². The van der Waals surface area contributed by atoms with Gasteiger partial charge < -0.3 is 14.7 Å². The number of hydrogen-bond donors (Lipinski definition) is 1. The maximum absolute atomic E-state index is 14.2. The number of amides is 1. The normalized spacial score (nSPS) is 19.1. The summed E-state index contributed by atoms with van der Waals surface area (Å²) in [5, 5.41) is 10.1. The van der Waals surface area contributed by atoms with Crippen molar-refractivity contribution < 1.29 is 23.4 Å². The third kappa shape index (κ3) is 5.01. The van der Waals surface area contributed by atoms with E-state index in [2.05, 4.69) is 6.58 Å². The zero-order valence-electron chi connectivity index (χ0n) is 16.2. The molecule has 4 nitrogen and oxygen atoms in total. The number of hydrogen-bond acceptors (Lipinski definition) is 3. The van der Waals surface area contributed by atoms with E-state index < -0.39 is 17.0 Å². The number of piperidine rings is 1. The number of ether oxygens (including phenoxy) is 1. The lowest BCUT2D eigenvalue weighted by molar-refractivity contribution is 0.0268. The summed E-state index contributed by atoms with van der Waals surface area (Å²) in [6.07, 6.45) is 3.22. The van der Waals surface area contributed by atoms with Gasteiger partial charge in [0.15, 0.2) is 0 Å². The first-order valence-corrected chi connectivity index (χ1v) is 9.64. The van der Waals surface area contributed by atoms with Crippen LogP contribution >= 0.6 is 0 Å². The Bertz CT molecular complexity index is 886. The zero-order chi connectivity index (χ0) is 20.9. The fraction of sp³-hybridized carbons (Fsp3) is 0.348. The first-order chi connectivity index (χ1) is 14.0. The molecular weight excluding hydrogens is 376 g/mol. The Morgan fingerprint density at radius 3 is 2.83 bits per heavy atom. The van der Waals surface area contributed by atoms with E-state index in [4.69, 9.17) is 4.74 Å². The molecule has 3 rings (SSSR count). The van der Waals surface area contributed by atoms with E-state index in [0.717, 1.165) is 6.07 Å². The van der Waals surface area contributed by atoms with Crippen LogP contribution in [0.2, 0.25) is 0 Å². The van der Waals surface area contributed by atoms with Crippen LogP contribution < -0.4 is 4.74 Å². The van der Waals surface area contributed by atoms with Crippen molar-refractivity contribution >= 4 is 5.91 Å². The highest BCUT2D eigenvalue weighted by molar-refractivity contribution is 5.94. The summed E-state index contributed by atoms with van der Waals surface area (Å²) in [6.45, 7) is 4.63. The van der Waals surface area contributed by atoms with Crippen LogP contribution in [0.25, 0.3) is 0 Å². The van der Waals surface area contributed by atoms with E-state index in [9.17, 15) is 18.7 Å². The Labute approximate surface area is 169 Å². The van der Waals surface area contributed by atoms with Gasteiger partial charge in [0.25, 0.3) is 5.91 Å². The third-order valence-electron chi connectivity index (χ3n) is 5.31. The van der Waals surface area contributed by atoms with E-state index in [1.807, 2.05) is 0 Å². The summed E-state index contributed by atoms with van der Waals surface area (Å²) in [4.78, 5) is 14.7. The van der Waals surface area contributed by atoms with Crippen molar-refractivity contribution in [2.24, 2.45) is 5.41 Å². The second-order valence-corrected chi connectivity index (χ2v) is 7.53. The molecule has 2 aromatic carbocycles. The highest BCUT2D eigenvalue weighted by atomic mass is 19.1. The summed E-state index contributed by atoms with van der Waals surface area (Å²) in [6, 6.07) is 10.4. The van der Waals surface area contributed by atoms with Crippen LogP contribution in [0.5, 0.6) is 5.75 Å². The lowest BCUT2D eigenvalue weighted by Gasteiger charge is -2.42. The molecule has 0 bridgehead atoms. The van der Waals surface area contributed by atoms with Crippen LogP contribution in [-0.2, 0) is 6.42 Å². The Balaban J connectivity index is 1.77. The SMILES string of the molecule is C=CCOc1cccc(C(=O)N2CCC[C@](CO)(Cc3ccc(F)cc3F)C2)c1. The van der Waals surface area contributed by atoms with Gasteiger partial charge in [-0.1, -0.05) is 24.8 Å². The molecule has 1 N–H and O–H groups in total. The van der Waals surface area contributed by atoms with Crippen LogP contribution in [0.1, 0.15) is 28.8 Å². The van der Waals surface area contributed by atoms with Crippen molar-refractivity contribution in [1.29, 1.82) is 0 Å². The Morgan fingerprint density at radius 1 is 1.28 bits per heavy atom. The van der Waals surface area contributed by atoms with Crippen molar-refractivity contribution in [2.75, 3.05) is 26.3 Å². The Hall–Kier alpha value is -2.73. The molecule has 6 heteroatoms. The number of likely N-dealkylation sites (tertiary alicyclic amines) is 1. The van der Waals surface area contributed by atoms with Crippen molar-refractivity contribution in [1.82, 2.24) is 4.90 Å². The summed E-state index contributed by atoms with van der Waals surface area (Å²) >= 11 is 0. The average Bonchev–Trinajstić information content (AvgIpc) is 2.74. The van der Waals surface area contributed by atoms with Gasteiger partial charge in [-0.2, -0.15) is 0 Å². The maximum Gasteiger partial charge on any atom is 0.254 e.